The monoisotopic (exact) mass is 305 g/mol. The van der Waals surface area contributed by atoms with Crippen molar-refractivity contribution in [2.24, 2.45) is 0 Å². The van der Waals surface area contributed by atoms with Crippen LogP contribution in [0.5, 0.6) is 0 Å². The van der Waals surface area contributed by atoms with Crippen LogP contribution in [0, 0.1) is 13.8 Å². The van der Waals surface area contributed by atoms with Crippen LogP contribution in [0.4, 0.5) is 4.79 Å². The third kappa shape index (κ3) is 2.62. The topological polar surface area (TPSA) is 75.4 Å². The molecule has 0 radical (unpaired) electrons. The summed E-state index contributed by atoms with van der Waals surface area (Å²) in [5.74, 6) is 1.03. The molecule has 1 aliphatic heterocycles. The first-order valence-corrected chi connectivity index (χ1v) is 8.09. The number of hydrogen-bond acceptors (Lipinski definition) is 4. The predicted molar refractivity (Wildman–Crippen MR) is 80.1 cm³/mol. The third-order valence-electron chi connectivity index (χ3n) is 4.82. The number of nitrogens with one attached hydrogen (secondary N) is 1. The minimum atomic E-state index is -0.700. The number of aromatic nitrogens is 1. The molecule has 0 unspecified atom stereocenters. The highest BCUT2D eigenvalue weighted by molar-refractivity contribution is 6.06. The second kappa shape index (κ2) is 5.74. The van der Waals surface area contributed by atoms with Crippen molar-refractivity contribution in [3.05, 3.63) is 17.3 Å². The van der Waals surface area contributed by atoms with Gasteiger partial charge >= 0.3 is 6.03 Å². The average molecular weight is 305 g/mol. The summed E-state index contributed by atoms with van der Waals surface area (Å²) in [7, 11) is 0. The molecule has 2 aliphatic rings. The molecule has 1 aromatic heterocycles. The zero-order valence-corrected chi connectivity index (χ0v) is 13.3. The molecule has 6 nitrogen and oxygen atoms in total. The van der Waals surface area contributed by atoms with Crippen LogP contribution in [0.3, 0.4) is 0 Å². The molecule has 0 aromatic carbocycles. The van der Waals surface area contributed by atoms with Crippen LogP contribution in [0.25, 0.3) is 0 Å². The molecule has 2 fully saturated rings. The van der Waals surface area contributed by atoms with Gasteiger partial charge in [-0.1, -0.05) is 32.1 Å². The fraction of sp³-hybridized carbons (Fsp3) is 0.688. The lowest BCUT2D eigenvalue weighted by Crippen LogP contribution is -2.47. The van der Waals surface area contributed by atoms with E-state index in [1.54, 1.807) is 0 Å². The van der Waals surface area contributed by atoms with E-state index in [2.05, 4.69) is 10.3 Å². The van der Waals surface area contributed by atoms with Crippen molar-refractivity contribution in [1.29, 1.82) is 0 Å². The van der Waals surface area contributed by atoms with Gasteiger partial charge in [-0.2, -0.15) is 0 Å². The summed E-state index contributed by atoms with van der Waals surface area (Å²) < 4.78 is 5.51. The summed E-state index contributed by atoms with van der Waals surface area (Å²) in [5, 5.41) is 2.95. The number of rotatable bonds is 2. The molecule has 120 valence electrons. The fourth-order valence-electron chi connectivity index (χ4n) is 3.41. The zero-order chi connectivity index (χ0) is 15.7. The van der Waals surface area contributed by atoms with E-state index in [0.717, 1.165) is 50.0 Å². The lowest BCUT2D eigenvalue weighted by molar-refractivity contribution is -0.132. The molecule has 1 aromatic rings. The molecule has 1 spiro atoms. The highest BCUT2D eigenvalue weighted by Crippen LogP contribution is 2.32. The standard InChI is InChI=1S/C16H23N3O3/c1-11-12(2)22-13(17-11)10-19-14(20)16(18-15(19)21)8-6-4-3-5-7-9-16/h3-10H2,1-2H3,(H,18,21). The predicted octanol–water partition coefficient (Wildman–Crippen LogP) is 2.83. The molecule has 3 rings (SSSR count). The van der Waals surface area contributed by atoms with Crippen molar-refractivity contribution in [3.8, 4) is 0 Å². The lowest BCUT2D eigenvalue weighted by atomic mass is 9.84. The Labute approximate surface area is 130 Å². The van der Waals surface area contributed by atoms with E-state index in [-0.39, 0.29) is 18.5 Å². The number of oxazole rings is 1. The Morgan fingerprint density at radius 2 is 1.77 bits per heavy atom. The second-order valence-corrected chi connectivity index (χ2v) is 6.42. The third-order valence-corrected chi connectivity index (χ3v) is 4.82. The maximum Gasteiger partial charge on any atom is 0.325 e. The summed E-state index contributed by atoms with van der Waals surface area (Å²) in [4.78, 5) is 30.6. The van der Waals surface area contributed by atoms with Gasteiger partial charge in [-0.05, 0) is 26.7 Å². The Morgan fingerprint density at radius 1 is 1.14 bits per heavy atom. The minimum Gasteiger partial charge on any atom is -0.444 e. The van der Waals surface area contributed by atoms with E-state index in [1.807, 2.05) is 13.8 Å². The Bertz CT molecular complexity index is 566. The highest BCUT2D eigenvalue weighted by atomic mass is 16.4. The van der Waals surface area contributed by atoms with Crippen LogP contribution in [-0.2, 0) is 11.3 Å². The average Bonchev–Trinajstić information content (AvgIpc) is 2.87. The SMILES string of the molecule is Cc1nc(CN2C(=O)NC3(CCCCCCC3)C2=O)oc1C. The number of amides is 3. The molecule has 1 saturated heterocycles. The number of urea groups is 1. The smallest absolute Gasteiger partial charge is 0.325 e. The van der Waals surface area contributed by atoms with Crippen molar-refractivity contribution < 1.29 is 14.0 Å². The van der Waals surface area contributed by atoms with Crippen LogP contribution >= 0.6 is 0 Å². The second-order valence-electron chi connectivity index (χ2n) is 6.42. The maximum atomic E-state index is 12.8. The molecular weight excluding hydrogens is 282 g/mol. The van der Waals surface area contributed by atoms with Gasteiger partial charge in [-0.25, -0.2) is 9.78 Å². The van der Waals surface area contributed by atoms with Crippen molar-refractivity contribution in [2.45, 2.75) is 70.9 Å². The molecule has 6 heteroatoms. The normalized spacial score (nSPS) is 21.8. The summed E-state index contributed by atoms with van der Waals surface area (Å²) in [5.41, 5.74) is 0.0940. The quantitative estimate of drug-likeness (QED) is 0.852. The maximum absolute atomic E-state index is 12.8. The first-order chi connectivity index (χ1) is 10.5. The summed E-state index contributed by atoms with van der Waals surface area (Å²) in [6, 6.07) is -0.320. The molecule has 1 saturated carbocycles. The lowest BCUT2D eigenvalue weighted by Gasteiger charge is -2.28. The molecule has 3 amide bonds. The van der Waals surface area contributed by atoms with Crippen molar-refractivity contribution in [3.63, 3.8) is 0 Å². The summed E-state index contributed by atoms with van der Waals surface area (Å²) >= 11 is 0. The van der Waals surface area contributed by atoms with Crippen LogP contribution < -0.4 is 5.32 Å². The fourth-order valence-corrected chi connectivity index (χ4v) is 3.41. The molecule has 0 atom stereocenters. The molecule has 22 heavy (non-hydrogen) atoms. The van der Waals surface area contributed by atoms with Gasteiger partial charge in [-0.15, -0.1) is 0 Å². The Kier molecular flexibility index (Phi) is 3.93. The number of imide groups is 1. The molecule has 1 aliphatic carbocycles. The van der Waals surface area contributed by atoms with E-state index in [1.165, 1.54) is 11.3 Å². The van der Waals surface area contributed by atoms with Gasteiger partial charge in [0, 0.05) is 0 Å². The van der Waals surface area contributed by atoms with Gasteiger partial charge in [0.25, 0.3) is 5.91 Å². The summed E-state index contributed by atoms with van der Waals surface area (Å²) in [6.07, 6.45) is 6.91. The van der Waals surface area contributed by atoms with Crippen molar-refractivity contribution in [2.75, 3.05) is 0 Å². The Balaban J connectivity index is 1.78. The van der Waals surface area contributed by atoms with E-state index < -0.39 is 5.54 Å². The largest absolute Gasteiger partial charge is 0.444 e. The molecular formula is C16H23N3O3. The van der Waals surface area contributed by atoms with Crippen LogP contribution in [-0.4, -0.2) is 27.4 Å². The van der Waals surface area contributed by atoms with E-state index in [0.29, 0.717) is 5.89 Å². The minimum absolute atomic E-state index is 0.112. The van der Waals surface area contributed by atoms with E-state index in [9.17, 15) is 9.59 Å². The van der Waals surface area contributed by atoms with Gasteiger partial charge < -0.3 is 9.73 Å². The van der Waals surface area contributed by atoms with Crippen molar-refractivity contribution in [1.82, 2.24) is 15.2 Å². The van der Waals surface area contributed by atoms with E-state index >= 15 is 0 Å². The molecule has 1 N–H and O–H groups in total. The Hall–Kier alpha value is -1.85. The number of carbonyl (C=O) groups excluding carboxylic acids is 2. The first kappa shape index (κ1) is 15.1. The van der Waals surface area contributed by atoms with Crippen LogP contribution in [0.2, 0.25) is 0 Å². The number of nitrogens with zero attached hydrogens (tertiary/aromatic N) is 2. The molecule has 2 heterocycles. The Morgan fingerprint density at radius 3 is 2.36 bits per heavy atom. The first-order valence-electron chi connectivity index (χ1n) is 8.09. The van der Waals surface area contributed by atoms with Gasteiger partial charge in [0.15, 0.2) is 0 Å². The van der Waals surface area contributed by atoms with Gasteiger partial charge in [-0.3, -0.25) is 9.69 Å². The van der Waals surface area contributed by atoms with Crippen LogP contribution in [0.1, 0.15) is 62.3 Å². The van der Waals surface area contributed by atoms with Crippen LogP contribution in [0.15, 0.2) is 4.42 Å². The van der Waals surface area contributed by atoms with Gasteiger partial charge in [0.05, 0.1) is 5.69 Å². The number of carbonyl (C=O) groups is 2. The number of hydrogen-bond donors (Lipinski definition) is 1. The molecule has 0 bridgehead atoms. The highest BCUT2D eigenvalue weighted by Gasteiger charge is 2.50. The van der Waals surface area contributed by atoms with Crippen molar-refractivity contribution >= 4 is 11.9 Å². The number of aryl methyl sites for hydroxylation is 2. The zero-order valence-electron chi connectivity index (χ0n) is 13.3. The van der Waals surface area contributed by atoms with E-state index in [4.69, 9.17) is 4.42 Å². The van der Waals surface area contributed by atoms with Gasteiger partial charge in [0.1, 0.15) is 17.8 Å². The summed E-state index contributed by atoms with van der Waals surface area (Å²) in [6.45, 7) is 3.79. The van der Waals surface area contributed by atoms with Gasteiger partial charge in [0.2, 0.25) is 5.89 Å².